The summed E-state index contributed by atoms with van der Waals surface area (Å²) >= 11 is 0. The molecule has 0 bridgehead atoms. The highest BCUT2D eigenvalue weighted by molar-refractivity contribution is 6.86. The maximum atomic E-state index is 7.35. The fourth-order valence-corrected chi connectivity index (χ4v) is 21.3. The molecular formula is C22H45O2Si3. The topological polar surface area (TPSA) is 18.5 Å². The van der Waals surface area contributed by atoms with Crippen molar-refractivity contribution < 1.29 is 8.23 Å². The maximum absolute atomic E-state index is 7.35. The first-order chi connectivity index (χ1) is 12.9. The van der Waals surface area contributed by atoms with Gasteiger partial charge in [-0.15, -0.1) is 0 Å². The van der Waals surface area contributed by atoms with Gasteiger partial charge in [-0.05, 0) is 42.8 Å². The minimum Gasteiger partial charge on any atom is -0.436 e. The van der Waals surface area contributed by atoms with Gasteiger partial charge < -0.3 is 8.23 Å². The lowest BCUT2D eigenvalue weighted by molar-refractivity contribution is 0.334. The quantitative estimate of drug-likeness (QED) is 0.385. The highest BCUT2D eigenvalue weighted by Gasteiger charge is 2.50. The van der Waals surface area contributed by atoms with Gasteiger partial charge in [0.15, 0.2) is 17.4 Å². The van der Waals surface area contributed by atoms with E-state index in [1.54, 1.807) is 0 Å². The Morgan fingerprint density at radius 1 is 0.630 bits per heavy atom. The Hall–Kier alpha value is 0.571. The van der Waals surface area contributed by atoms with Crippen molar-refractivity contribution in [3.8, 4) is 0 Å². The van der Waals surface area contributed by atoms with E-state index >= 15 is 0 Å². The van der Waals surface area contributed by atoms with Gasteiger partial charge in [-0.2, -0.15) is 0 Å². The second kappa shape index (κ2) is 10.1. The number of hydrogen-bond acceptors (Lipinski definition) is 2. The summed E-state index contributed by atoms with van der Waals surface area (Å²) in [6.07, 6.45) is 21.5. The third-order valence-electron chi connectivity index (χ3n) is 7.88. The lowest BCUT2D eigenvalue weighted by Gasteiger charge is -2.48. The van der Waals surface area contributed by atoms with Gasteiger partial charge in [0, 0.05) is 0 Å². The SMILES string of the molecule is C[Si](O[Si](C)(C)O[Si](C)(C1CCCCC1)C1CCCCC1)C1CCCCC1. The molecule has 0 N–H and O–H groups in total. The van der Waals surface area contributed by atoms with Crippen molar-refractivity contribution in [3.05, 3.63) is 0 Å². The van der Waals surface area contributed by atoms with Gasteiger partial charge >= 0.3 is 8.56 Å². The van der Waals surface area contributed by atoms with Crippen LogP contribution in [0.3, 0.4) is 0 Å². The van der Waals surface area contributed by atoms with Crippen LogP contribution in [0.2, 0.25) is 42.8 Å². The summed E-state index contributed by atoms with van der Waals surface area (Å²) in [7, 11) is -4.51. The molecule has 5 heteroatoms. The van der Waals surface area contributed by atoms with Crippen LogP contribution in [-0.2, 0) is 8.23 Å². The molecule has 3 aliphatic rings. The third-order valence-corrected chi connectivity index (χ3v) is 21.0. The van der Waals surface area contributed by atoms with Crippen LogP contribution in [0.5, 0.6) is 0 Å². The van der Waals surface area contributed by atoms with E-state index in [-0.39, 0.29) is 0 Å². The summed E-state index contributed by atoms with van der Waals surface area (Å²) in [6, 6.07) is 0. The number of rotatable bonds is 7. The van der Waals surface area contributed by atoms with Crippen LogP contribution in [0.1, 0.15) is 96.3 Å². The largest absolute Gasteiger partial charge is 0.436 e. The highest BCUT2D eigenvalue weighted by atomic mass is 28.5. The zero-order chi connectivity index (χ0) is 19.3. The molecular weight excluding hydrogens is 380 g/mol. The Morgan fingerprint density at radius 3 is 1.48 bits per heavy atom. The molecule has 0 aromatic rings. The molecule has 0 unspecified atom stereocenters. The molecule has 0 aromatic carbocycles. The molecule has 0 aromatic heterocycles. The Bertz CT molecular complexity index is 421. The van der Waals surface area contributed by atoms with Crippen molar-refractivity contribution in [2.75, 3.05) is 0 Å². The van der Waals surface area contributed by atoms with Crippen molar-refractivity contribution in [2.45, 2.75) is 139 Å². The van der Waals surface area contributed by atoms with Crippen LogP contribution in [0.15, 0.2) is 0 Å². The summed E-state index contributed by atoms with van der Waals surface area (Å²) in [6.45, 7) is 9.86. The molecule has 3 aliphatic carbocycles. The Kier molecular flexibility index (Phi) is 8.29. The molecule has 157 valence electrons. The lowest BCUT2D eigenvalue weighted by Crippen LogP contribution is -2.56. The summed E-state index contributed by atoms with van der Waals surface area (Å²) in [5.74, 6) is 0. The molecule has 0 heterocycles. The van der Waals surface area contributed by atoms with Crippen molar-refractivity contribution >= 4 is 25.9 Å². The molecule has 3 fully saturated rings. The summed E-state index contributed by atoms with van der Waals surface area (Å²) in [4.78, 5) is 0. The van der Waals surface area contributed by atoms with Crippen LogP contribution in [0.4, 0.5) is 0 Å². The Labute approximate surface area is 173 Å². The Morgan fingerprint density at radius 2 is 1.04 bits per heavy atom. The predicted octanol–water partition coefficient (Wildman–Crippen LogP) is 7.92. The molecule has 27 heavy (non-hydrogen) atoms. The molecule has 3 saturated carbocycles. The van der Waals surface area contributed by atoms with Gasteiger partial charge in [-0.1, -0.05) is 96.3 Å². The van der Waals surface area contributed by atoms with E-state index in [0.717, 1.165) is 16.6 Å². The van der Waals surface area contributed by atoms with Gasteiger partial charge in [0.05, 0.1) is 0 Å². The molecule has 0 spiro atoms. The average Bonchev–Trinajstić information content (AvgIpc) is 2.69. The minimum atomic E-state index is -2.05. The first-order valence-electron chi connectivity index (χ1n) is 12.1. The van der Waals surface area contributed by atoms with E-state index < -0.39 is 25.9 Å². The molecule has 3 rings (SSSR count). The molecule has 0 aliphatic heterocycles. The number of hydrogen-bond donors (Lipinski definition) is 0. The first-order valence-corrected chi connectivity index (χ1v) is 19.5. The van der Waals surface area contributed by atoms with E-state index in [4.69, 9.17) is 8.23 Å². The van der Waals surface area contributed by atoms with E-state index in [9.17, 15) is 0 Å². The van der Waals surface area contributed by atoms with Gasteiger partial charge in [0.25, 0.3) is 0 Å². The van der Waals surface area contributed by atoms with Crippen LogP contribution < -0.4 is 0 Å². The fraction of sp³-hybridized carbons (Fsp3) is 1.00. The Balaban J connectivity index is 1.68. The van der Waals surface area contributed by atoms with Crippen LogP contribution in [-0.4, -0.2) is 25.9 Å². The normalized spacial score (nSPS) is 25.2. The van der Waals surface area contributed by atoms with Crippen LogP contribution >= 0.6 is 0 Å². The smallest absolute Gasteiger partial charge is 0.311 e. The maximum Gasteiger partial charge on any atom is 0.311 e. The minimum absolute atomic E-state index is 0.720. The third kappa shape index (κ3) is 6.03. The van der Waals surface area contributed by atoms with Crippen LogP contribution in [0.25, 0.3) is 0 Å². The van der Waals surface area contributed by atoms with E-state index in [1.807, 2.05) is 0 Å². The molecule has 0 amide bonds. The van der Waals surface area contributed by atoms with Gasteiger partial charge in [0.1, 0.15) is 0 Å². The van der Waals surface area contributed by atoms with Crippen molar-refractivity contribution in [3.63, 3.8) is 0 Å². The second-order valence-electron chi connectivity index (χ2n) is 10.4. The summed E-state index contributed by atoms with van der Waals surface area (Å²) in [5.41, 5.74) is 2.66. The standard InChI is InChI=1S/C22H45O2Si3/c1-25(20-14-8-5-9-15-20)23-26(2,3)24-27(4,21-16-10-6-11-17-21)22-18-12-7-13-19-22/h20-22H,5-19H2,1-4H3. The predicted molar refractivity (Wildman–Crippen MR) is 123 cm³/mol. The summed E-state index contributed by atoms with van der Waals surface area (Å²) < 4.78 is 14.3. The zero-order valence-corrected chi connectivity index (χ0v) is 21.7. The lowest BCUT2D eigenvalue weighted by atomic mass is 9.99. The molecule has 0 atom stereocenters. The first kappa shape index (κ1) is 22.3. The van der Waals surface area contributed by atoms with Gasteiger partial charge in [-0.3, -0.25) is 0 Å². The fourth-order valence-electron chi connectivity index (χ4n) is 6.38. The molecule has 0 saturated heterocycles. The van der Waals surface area contributed by atoms with Crippen molar-refractivity contribution in [1.29, 1.82) is 0 Å². The molecule has 1 radical (unpaired) electrons. The molecule has 2 nitrogen and oxygen atoms in total. The van der Waals surface area contributed by atoms with E-state index in [2.05, 4.69) is 26.2 Å². The van der Waals surface area contributed by atoms with Crippen molar-refractivity contribution in [1.82, 2.24) is 0 Å². The zero-order valence-electron chi connectivity index (χ0n) is 18.7. The van der Waals surface area contributed by atoms with Crippen LogP contribution in [0, 0.1) is 0 Å². The monoisotopic (exact) mass is 425 g/mol. The van der Waals surface area contributed by atoms with E-state index in [0.29, 0.717) is 0 Å². The second-order valence-corrected chi connectivity index (χ2v) is 20.9. The van der Waals surface area contributed by atoms with Gasteiger partial charge in [-0.25, -0.2) is 0 Å². The van der Waals surface area contributed by atoms with E-state index in [1.165, 1.54) is 96.3 Å². The highest BCUT2D eigenvalue weighted by Crippen LogP contribution is 2.50. The van der Waals surface area contributed by atoms with Crippen molar-refractivity contribution in [2.24, 2.45) is 0 Å². The average molecular weight is 426 g/mol. The summed E-state index contributed by atoms with van der Waals surface area (Å²) in [5, 5.41) is 0. The van der Waals surface area contributed by atoms with Gasteiger partial charge in [0.2, 0.25) is 0 Å².